The lowest BCUT2D eigenvalue weighted by Crippen LogP contribution is -2.37. The van der Waals surface area contributed by atoms with Crippen LogP contribution < -0.4 is 0 Å². The number of nitrogens with zero attached hydrogens (tertiary/aromatic N) is 2. The summed E-state index contributed by atoms with van der Waals surface area (Å²) in [6.45, 7) is 15.0. The first-order valence-corrected chi connectivity index (χ1v) is 30.7. The lowest BCUT2D eigenvalue weighted by Gasteiger charge is -2.26. The fourth-order valence-electron chi connectivity index (χ4n) is 9.51. The molecule has 420 valence electrons. The normalized spacial score (nSPS) is 12.1. The van der Waals surface area contributed by atoms with E-state index in [2.05, 4.69) is 39.5 Å². The molecule has 0 aromatic carbocycles. The van der Waals surface area contributed by atoms with E-state index in [9.17, 15) is 19.2 Å². The van der Waals surface area contributed by atoms with Crippen LogP contribution in [0.1, 0.15) is 311 Å². The van der Waals surface area contributed by atoms with E-state index < -0.39 is 0 Å². The maximum absolute atomic E-state index is 13.9. The van der Waals surface area contributed by atoms with Crippen LogP contribution in [-0.4, -0.2) is 91.9 Å². The molecule has 0 bridgehead atoms. The van der Waals surface area contributed by atoms with E-state index in [0.717, 1.165) is 173 Å². The molecule has 1 atom stereocenters. The molecule has 0 aliphatic carbocycles. The average molecular weight is 1010 g/mol. The number of ether oxygens (including phenoxy) is 4. The molecule has 0 aromatic heterocycles. The van der Waals surface area contributed by atoms with Gasteiger partial charge in [-0.2, -0.15) is 0 Å². The van der Waals surface area contributed by atoms with Gasteiger partial charge in [-0.25, -0.2) is 4.79 Å². The summed E-state index contributed by atoms with van der Waals surface area (Å²) in [6.07, 6.45) is 42.6. The van der Waals surface area contributed by atoms with E-state index in [1.165, 1.54) is 77.0 Å². The van der Waals surface area contributed by atoms with Crippen LogP contribution in [-0.2, 0) is 33.3 Å². The predicted octanol–water partition coefficient (Wildman–Crippen LogP) is 17.6. The Morgan fingerprint density at radius 3 is 1.01 bits per heavy atom. The third kappa shape index (κ3) is 45.9. The van der Waals surface area contributed by atoms with Gasteiger partial charge in [0, 0.05) is 32.4 Å². The van der Waals surface area contributed by atoms with E-state index >= 15 is 0 Å². The lowest BCUT2D eigenvalue weighted by atomic mass is 10.0. The molecular formula is C61H118N2O8. The van der Waals surface area contributed by atoms with Crippen LogP contribution in [0.2, 0.25) is 0 Å². The fourth-order valence-corrected chi connectivity index (χ4v) is 9.51. The van der Waals surface area contributed by atoms with E-state index in [0.29, 0.717) is 32.4 Å². The SMILES string of the molecule is CCCCCCC(CCCCCC)OC(=O)CCCCCCCCC(CCCCCCCCC(=O)OC(CCCCCC)CCCCCC)OC(=O)N(CCCC(=O)OC(C)CCCC)CCCN(C)C. The van der Waals surface area contributed by atoms with Crippen LogP contribution in [0, 0.1) is 0 Å². The largest absolute Gasteiger partial charge is 0.463 e. The number of esters is 3. The molecule has 1 unspecified atom stereocenters. The number of carbonyl (C=O) groups is 4. The van der Waals surface area contributed by atoms with Crippen molar-refractivity contribution in [1.82, 2.24) is 9.80 Å². The standard InChI is InChI=1S/C61H118N2O8/c1-9-14-19-31-42-55(43-32-20-15-10-2)69-59(65)48-37-29-25-23-27-35-46-57(71-61(67)63(53-40-51-62(7)8)52-39-50-58(64)68-54(6)41-18-13-5)47-36-28-24-26-30-38-49-60(66)70-56(44-33-21-16-11-3)45-34-22-17-12-4/h54-57H,9-53H2,1-8H3. The van der Waals surface area contributed by atoms with E-state index in [-0.39, 0.29) is 54.8 Å². The van der Waals surface area contributed by atoms with Crippen LogP contribution in [0.5, 0.6) is 0 Å². The molecular weight excluding hydrogens is 889 g/mol. The van der Waals surface area contributed by atoms with E-state index in [4.69, 9.17) is 18.9 Å². The number of carbonyl (C=O) groups excluding carboxylic acids is 4. The maximum atomic E-state index is 13.9. The Kier molecular flexibility index (Phi) is 49.4. The number of hydrogen-bond donors (Lipinski definition) is 0. The van der Waals surface area contributed by atoms with Crippen molar-refractivity contribution in [3.8, 4) is 0 Å². The van der Waals surface area contributed by atoms with Gasteiger partial charge in [0.05, 0.1) is 6.10 Å². The van der Waals surface area contributed by atoms with Gasteiger partial charge in [0.1, 0.15) is 18.3 Å². The van der Waals surface area contributed by atoms with Gasteiger partial charge < -0.3 is 28.7 Å². The first-order chi connectivity index (χ1) is 34.5. The molecule has 0 aliphatic rings. The van der Waals surface area contributed by atoms with Crippen LogP contribution >= 0.6 is 0 Å². The first kappa shape index (κ1) is 68.6. The average Bonchev–Trinajstić information content (AvgIpc) is 3.34. The van der Waals surface area contributed by atoms with Crippen LogP contribution in [0.4, 0.5) is 4.79 Å². The number of rotatable bonds is 53. The smallest absolute Gasteiger partial charge is 0.410 e. The Bertz CT molecular complexity index is 1130. The highest BCUT2D eigenvalue weighted by atomic mass is 16.6. The van der Waals surface area contributed by atoms with E-state index in [1.54, 1.807) is 0 Å². The molecule has 71 heavy (non-hydrogen) atoms. The van der Waals surface area contributed by atoms with Gasteiger partial charge in [0.25, 0.3) is 0 Å². The quantitative estimate of drug-likeness (QED) is 0.0334. The minimum atomic E-state index is -0.273. The van der Waals surface area contributed by atoms with Crippen LogP contribution in [0.15, 0.2) is 0 Å². The second kappa shape index (κ2) is 51.1. The first-order valence-electron chi connectivity index (χ1n) is 30.7. The Morgan fingerprint density at radius 2 is 0.634 bits per heavy atom. The topological polar surface area (TPSA) is 112 Å². The van der Waals surface area contributed by atoms with Crippen LogP contribution in [0.25, 0.3) is 0 Å². The lowest BCUT2D eigenvalue weighted by molar-refractivity contribution is -0.151. The van der Waals surface area contributed by atoms with E-state index in [1.807, 2.05) is 25.9 Å². The fraction of sp³-hybridized carbons (Fsp3) is 0.934. The predicted molar refractivity (Wildman–Crippen MR) is 298 cm³/mol. The van der Waals surface area contributed by atoms with Crippen molar-refractivity contribution >= 4 is 24.0 Å². The highest BCUT2D eigenvalue weighted by molar-refractivity contribution is 5.70. The van der Waals surface area contributed by atoms with Gasteiger partial charge in [-0.3, -0.25) is 14.4 Å². The third-order valence-electron chi connectivity index (χ3n) is 14.1. The van der Waals surface area contributed by atoms with Gasteiger partial charge in [0.15, 0.2) is 0 Å². The summed E-state index contributed by atoms with van der Waals surface area (Å²) < 4.78 is 24.0. The van der Waals surface area contributed by atoms with Gasteiger partial charge in [-0.15, -0.1) is 0 Å². The van der Waals surface area contributed by atoms with Gasteiger partial charge in [0.2, 0.25) is 0 Å². The van der Waals surface area contributed by atoms with Crippen molar-refractivity contribution in [1.29, 1.82) is 0 Å². The molecule has 10 heteroatoms. The zero-order valence-electron chi connectivity index (χ0n) is 48.3. The summed E-state index contributed by atoms with van der Waals surface area (Å²) in [6, 6.07) is 0. The molecule has 0 radical (unpaired) electrons. The Labute approximate surface area is 439 Å². The van der Waals surface area contributed by atoms with Crippen molar-refractivity contribution < 1.29 is 38.1 Å². The van der Waals surface area contributed by atoms with Crippen molar-refractivity contribution in [3.05, 3.63) is 0 Å². The maximum Gasteiger partial charge on any atom is 0.410 e. The van der Waals surface area contributed by atoms with Gasteiger partial charge in [-0.05, 0) is 137 Å². The van der Waals surface area contributed by atoms with Gasteiger partial charge in [-0.1, -0.05) is 176 Å². The molecule has 1 amide bonds. The van der Waals surface area contributed by atoms with Crippen molar-refractivity contribution in [2.75, 3.05) is 33.7 Å². The molecule has 0 saturated carbocycles. The second-order valence-electron chi connectivity index (χ2n) is 21.6. The Morgan fingerprint density at radius 1 is 0.324 bits per heavy atom. The summed E-state index contributed by atoms with van der Waals surface area (Å²) in [5, 5.41) is 0. The molecule has 0 aliphatic heterocycles. The molecule has 0 N–H and O–H groups in total. The summed E-state index contributed by atoms with van der Waals surface area (Å²) in [7, 11) is 4.09. The third-order valence-corrected chi connectivity index (χ3v) is 14.1. The summed E-state index contributed by atoms with van der Waals surface area (Å²) in [5.74, 6) is -0.246. The minimum Gasteiger partial charge on any atom is -0.463 e. The molecule has 0 fully saturated rings. The second-order valence-corrected chi connectivity index (χ2v) is 21.6. The highest BCUT2D eigenvalue weighted by Gasteiger charge is 2.22. The zero-order valence-corrected chi connectivity index (χ0v) is 48.3. The number of amides is 1. The van der Waals surface area contributed by atoms with Gasteiger partial charge >= 0.3 is 24.0 Å². The van der Waals surface area contributed by atoms with Crippen molar-refractivity contribution in [2.24, 2.45) is 0 Å². The molecule has 0 saturated heterocycles. The molecule has 0 spiro atoms. The van der Waals surface area contributed by atoms with Crippen LogP contribution in [0.3, 0.4) is 0 Å². The number of unbranched alkanes of at least 4 members (excludes halogenated alkanes) is 23. The Hall–Kier alpha value is -2.36. The summed E-state index contributed by atoms with van der Waals surface area (Å²) in [5.41, 5.74) is 0. The van der Waals surface area contributed by atoms with Crippen molar-refractivity contribution in [3.63, 3.8) is 0 Å². The zero-order chi connectivity index (χ0) is 52.4. The molecule has 0 aromatic rings. The molecule has 10 nitrogen and oxygen atoms in total. The molecule has 0 rings (SSSR count). The Balaban J connectivity index is 5.21. The summed E-state index contributed by atoms with van der Waals surface area (Å²) in [4.78, 5) is 56.1. The summed E-state index contributed by atoms with van der Waals surface area (Å²) >= 11 is 0. The minimum absolute atomic E-state index is 0.0247. The monoisotopic (exact) mass is 1010 g/mol. The highest BCUT2D eigenvalue weighted by Crippen LogP contribution is 2.22. The van der Waals surface area contributed by atoms with Crippen molar-refractivity contribution in [2.45, 2.75) is 336 Å². The number of hydrogen-bond acceptors (Lipinski definition) is 9. The molecule has 0 heterocycles.